The van der Waals surface area contributed by atoms with Crippen LogP contribution in [0.5, 0.6) is 5.75 Å². The number of non-ortho nitro benzene ring substituents is 1. The second-order valence-corrected chi connectivity index (χ2v) is 6.94. The molecule has 0 spiro atoms. The summed E-state index contributed by atoms with van der Waals surface area (Å²) in [5.74, 6) is -3.43. The number of hydrogen-bond acceptors (Lipinski definition) is 8. The van der Waals surface area contributed by atoms with Crippen LogP contribution in [0.4, 0.5) is 5.69 Å². The second kappa shape index (κ2) is 11.4. The number of benzene rings is 2. The molecule has 11 nitrogen and oxygen atoms in total. The molecule has 0 bridgehead atoms. The molecule has 0 heterocycles. The minimum atomic E-state index is -1.32. The van der Waals surface area contributed by atoms with Crippen molar-refractivity contribution in [3.63, 3.8) is 0 Å². The Kier molecular flexibility index (Phi) is 8.61. The molecule has 33 heavy (non-hydrogen) atoms. The molecule has 174 valence electrons. The number of nitrogens with two attached hydrogens (primary N) is 1. The number of ether oxygens (including phenoxy) is 2. The Morgan fingerprint density at radius 1 is 1.06 bits per heavy atom. The molecule has 2 aromatic rings. The lowest BCUT2D eigenvalue weighted by molar-refractivity contribution is -0.384. The van der Waals surface area contributed by atoms with Gasteiger partial charge >= 0.3 is 11.9 Å². The van der Waals surface area contributed by atoms with Crippen molar-refractivity contribution >= 4 is 29.4 Å². The van der Waals surface area contributed by atoms with Gasteiger partial charge in [0.15, 0.2) is 0 Å². The van der Waals surface area contributed by atoms with Gasteiger partial charge in [-0.2, -0.15) is 0 Å². The van der Waals surface area contributed by atoms with Gasteiger partial charge in [-0.05, 0) is 36.8 Å². The number of hydrogen-bond donors (Lipinski definition) is 2. The molecule has 0 saturated heterocycles. The first-order chi connectivity index (χ1) is 15.6. The summed E-state index contributed by atoms with van der Waals surface area (Å²) in [6.07, 6.45) is -0.301. The molecule has 2 aromatic carbocycles. The van der Waals surface area contributed by atoms with Gasteiger partial charge in [-0.25, -0.2) is 0 Å². The summed E-state index contributed by atoms with van der Waals surface area (Å²) in [5.41, 5.74) is 5.88. The van der Waals surface area contributed by atoms with Crippen LogP contribution < -0.4 is 15.8 Å². The van der Waals surface area contributed by atoms with Gasteiger partial charge in [0.05, 0.1) is 18.0 Å². The summed E-state index contributed by atoms with van der Waals surface area (Å²) >= 11 is 0. The number of amides is 2. The van der Waals surface area contributed by atoms with Crippen LogP contribution in [-0.2, 0) is 19.1 Å². The topological polar surface area (TPSA) is 168 Å². The summed E-state index contributed by atoms with van der Waals surface area (Å²) in [6, 6.07) is 9.48. The number of esters is 2. The molecule has 0 saturated carbocycles. The van der Waals surface area contributed by atoms with Crippen molar-refractivity contribution in [1.29, 1.82) is 0 Å². The molecule has 3 N–H and O–H groups in total. The number of nitrogens with zero attached hydrogens (tertiary/aromatic N) is 1. The first-order valence-electron chi connectivity index (χ1n) is 9.91. The average Bonchev–Trinajstić information content (AvgIpc) is 2.76. The number of carbonyl (C=O) groups excluding carboxylic acids is 4. The fraction of sp³-hybridized carbons (Fsp3) is 0.273. The van der Waals surface area contributed by atoms with Crippen molar-refractivity contribution in [2.75, 3.05) is 6.61 Å². The zero-order chi connectivity index (χ0) is 24.5. The van der Waals surface area contributed by atoms with Crippen LogP contribution in [-0.4, -0.2) is 41.3 Å². The van der Waals surface area contributed by atoms with E-state index < -0.39 is 40.6 Å². The molecule has 0 aliphatic heterocycles. The largest absolute Gasteiger partial charge is 0.466 e. The first kappa shape index (κ1) is 25.0. The molecule has 2 atom stereocenters. The third kappa shape index (κ3) is 7.13. The highest BCUT2D eigenvalue weighted by atomic mass is 16.6. The molecule has 2 amide bonds. The maximum Gasteiger partial charge on any atom is 0.308 e. The molecule has 0 aliphatic rings. The Morgan fingerprint density at radius 2 is 1.67 bits per heavy atom. The Bertz CT molecular complexity index is 1030. The zero-order valence-corrected chi connectivity index (χ0v) is 18.0. The highest BCUT2D eigenvalue weighted by Gasteiger charge is 2.32. The normalized spacial score (nSPS) is 12.2. The number of nitrogens with one attached hydrogen (secondary N) is 1. The Morgan fingerprint density at radius 3 is 2.15 bits per heavy atom. The lowest BCUT2D eigenvalue weighted by atomic mass is 9.87. The number of nitro benzene ring substituents is 1. The summed E-state index contributed by atoms with van der Waals surface area (Å²) in [5, 5.41) is 13.5. The van der Waals surface area contributed by atoms with Crippen molar-refractivity contribution < 1.29 is 33.6 Å². The Balaban J connectivity index is 2.32. The lowest BCUT2D eigenvalue weighted by Gasteiger charge is -2.25. The van der Waals surface area contributed by atoms with E-state index in [1.165, 1.54) is 55.5 Å². The maximum absolute atomic E-state index is 12.8. The quantitative estimate of drug-likeness (QED) is 0.236. The summed E-state index contributed by atoms with van der Waals surface area (Å²) < 4.78 is 9.88. The first-order valence-corrected chi connectivity index (χ1v) is 9.91. The van der Waals surface area contributed by atoms with E-state index in [-0.39, 0.29) is 30.0 Å². The van der Waals surface area contributed by atoms with Crippen LogP contribution in [0.1, 0.15) is 42.1 Å². The van der Waals surface area contributed by atoms with Gasteiger partial charge in [-0.15, -0.1) is 0 Å². The number of nitro groups is 1. The second-order valence-electron chi connectivity index (χ2n) is 6.94. The van der Waals surface area contributed by atoms with E-state index in [0.717, 1.165) is 0 Å². The van der Waals surface area contributed by atoms with Crippen LogP contribution in [0.2, 0.25) is 0 Å². The summed E-state index contributed by atoms with van der Waals surface area (Å²) in [7, 11) is 0. The van der Waals surface area contributed by atoms with Gasteiger partial charge in [-0.3, -0.25) is 29.3 Å². The van der Waals surface area contributed by atoms with Crippen molar-refractivity contribution in [2.24, 2.45) is 5.73 Å². The monoisotopic (exact) mass is 457 g/mol. The molecule has 0 unspecified atom stereocenters. The predicted octanol–water partition coefficient (Wildman–Crippen LogP) is 1.84. The van der Waals surface area contributed by atoms with Gasteiger partial charge in [0.25, 0.3) is 11.6 Å². The van der Waals surface area contributed by atoms with Crippen molar-refractivity contribution in [3.8, 4) is 5.75 Å². The van der Waals surface area contributed by atoms with Gasteiger partial charge in [-0.1, -0.05) is 12.1 Å². The third-order valence-corrected chi connectivity index (χ3v) is 4.60. The minimum absolute atomic E-state index is 0.105. The molecule has 0 radical (unpaired) electrons. The van der Waals surface area contributed by atoms with Crippen LogP contribution in [0.15, 0.2) is 48.5 Å². The van der Waals surface area contributed by atoms with Crippen molar-refractivity contribution in [1.82, 2.24) is 5.32 Å². The molecular formula is C22H23N3O8. The predicted molar refractivity (Wildman–Crippen MR) is 115 cm³/mol. The SMILES string of the molecule is CCOC(=O)C[C@@H](c1ccc([N+](=O)[O-])cc1)[C@@H](NC(=O)c1ccc(OC(C)=O)cc1)C(N)=O. The zero-order valence-electron chi connectivity index (χ0n) is 18.0. The Hall–Kier alpha value is -4.28. The van der Waals surface area contributed by atoms with E-state index >= 15 is 0 Å². The maximum atomic E-state index is 12.8. The van der Waals surface area contributed by atoms with Crippen LogP contribution in [0.25, 0.3) is 0 Å². The molecule has 11 heteroatoms. The number of carbonyl (C=O) groups is 4. The minimum Gasteiger partial charge on any atom is -0.466 e. The summed E-state index contributed by atoms with van der Waals surface area (Å²) in [4.78, 5) is 58.6. The number of primary amides is 1. The highest BCUT2D eigenvalue weighted by molar-refractivity contribution is 5.98. The van der Waals surface area contributed by atoms with E-state index in [4.69, 9.17) is 15.2 Å². The van der Waals surface area contributed by atoms with E-state index in [0.29, 0.717) is 5.56 Å². The fourth-order valence-corrected chi connectivity index (χ4v) is 3.11. The van der Waals surface area contributed by atoms with Crippen molar-refractivity contribution in [3.05, 3.63) is 69.8 Å². The Labute approximate surface area is 189 Å². The summed E-state index contributed by atoms with van der Waals surface area (Å²) in [6.45, 7) is 2.96. The van der Waals surface area contributed by atoms with Gasteiger partial charge < -0.3 is 20.5 Å². The van der Waals surface area contributed by atoms with Crippen LogP contribution in [0, 0.1) is 10.1 Å². The lowest BCUT2D eigenvalue weighted by Crippen LogP contribution is -2.48. The fourth-order valence-electron chi connectivity index (χ4n) is 3.11. The molecule has 2 rings (SSSR count). The van der Waals surface area contributed by atoms with Gasteiger partial charge in [0, 0.05) is 30.5 Å². The smallest absolute Gasteiger partial charge is 0.308 e. The van der Waals surface area contributed by atoms with Crippen LogP contribution >= 0.6 is 0 Å². The average molecular weight is 457 g/mol. The van der Waals surface area contributed by atoms with E-state index in [1.54, 1.807) is 6.92 Å². The molecule has 0 aromatic heterocycles. The van der Waals surface area contributed by atoms with E-state index in [2.05, 4.69) is 5.32 Å². The van der Waals surface area contributed by atoms with E-state index in [9.17, 15) is 29.3 Å². The highest BCUT2D eigenvalue weighted by Crippen LogP contribution is 2.27. The van der Waals surface area contributed by atoms with Crippen LogP contribution in [0.3, 0.4) is 0 Å². The van der Waals surface area contributed by atoms with Gasteiger partial charge in [0.1, 0.15) is 11.8 Å². The molecule has 0 fully saturated rings. The number of rotatable bonds is 10. The standard InChI is InChI=1S/C22H23N3O8/c1-3-32-19(27)12-18(14-4-8-16(9-5-14)25(30)31)20(21(23)28)24-22(29)15-6-10-17(11-7-15)33-13(2)26/h4-11,18,20H,3,12H2,1-2H3,(H2,23,28)(H,24,29)/t18-,20+/m0/s1. The molecular weight excluding hydrogens is 434 g/mol. The molecule has 0 aliphatic carbocycles. The van der Waals surface area contributed by atoms with Crippen molar-refractivity contribution in [2.45, 2.75) is 32.2 Å². The van der Waals surface area contributed by atoms with E-state index in [1.807, 2.05) is 0 Å². The third-order valence-electron chi connectivity index (χ3n) is 4.60. The van der Waals surface area contributed by atoms with Gasteiger partial charge in [0.2, 0.25) is 5.91 Å².